The van der Waals surface area contributed by atoms with Crippen molar-refractivity contribution in [3.63, 3.8) is 0 Å². The molecule has 1 amide bonds. The van der Waals surface area contributed by atoms with Crippen molar-refractivity contribution >= 4 is 29.4 Å². The van der Waals surface area contributed by atoms with Gasteiger partial charge in [-0.05, 0) is 33.8 Å². The summed E-state index contributed by atoms with van der Waals surface area (Å²) in [5.74, 6) is -0.879. The van der Waals surface area contributed by atoms with E-state index in [1.165, 1.54) is 6.07 Å². The maximum atomic E-state index is 15.4. The zero-order valence-electron chi connectivity index (χ0n) is 20.3. The van der Waals surface area contributed by atoms with E-state index in [-0.39, 0.29) is 22.4 Å². The molecule has 2 aromatic rings. The molecule has 184 valence electrons. The van der Waals surface area contributed by atoms with E-state index >= 15 is 4.39 Å². The van der Waals surface area contributed by atoms with Gasteiger partial charge in [-0.15, -0.1) is 0 Å². The lowest BCUT2D eigenvalue weighted by Crippen LogP contribution is -2.41. The number of nitrogens with two attached hydrogens (primary N) is 1. The Bertz CT molecular complexity index is 1120. The van der Waals surface area contributed by atoms with E-state index in [2.05, 4.69) is 6.58 Å². The van der Waals surface area contributed by atoms with Crippen LogP contribution in [0.3, 0.4) is 0 Å². The molecule has 1 unspecified atom stereocenters. The van der Waals surface area contributed by atoms with Crippen LogP contribution in [0.15, 0.2) is 18.7 Å². The van der Waals surface area contributed by atoms with Crippen LogP contribution >= 0.6 is 11.6 Å². The molecule has 1 saturated heterocycles. The molecule has 2 heterocycles. The number of benzene rings is 1. The number of carbonyl (C=O) groups is 1. The minimum atomic E-state index is -0.797. The molecule has 1 aliphatic rings. The maximum Gasteiger partial charge on any atom is 0.260 e. The van der Waals surface area contributed by atoms with Crippen LogP contribution in [0.2, 0.25) is 5.02 Å². The molecule has 3 rings (SSSR count). The summed E-state index contributed by atoms with van der Waals surface area (Å²) >= 11 is 6.33. The molecule has 7 nitrogen and oxygen atoms in total. The standard InChI is InChI=1S/C25H32ClFN4O3/c1-7-8-31-22(16(5)28)17(6)29-24(31)15(4)18-13-19(26)21(27)20(23(18)34-14(2)3)25(32)30-9-11-33-12-10-30/h7-8,13-15H,5,9-12,28H2,1-4,6H3/b8-7-. The first kappa shape index (κ1) is 25.8. The van der Waals surface area contributed by atoms with Gasteiger partial charge < -0.3 is 24.7 Å². The number of aryl methyl sites for hydroxylation is 1. The number of nitrogens with zero attached hydrogens (tertiary/aromatic N) is 3. The topological polar surface area (TPSA) is 82.6 Å². The average Bonchev–Trinajstić information content (AvgIpc) is 3.12. The molecule has 2 N–H and O–H groups in total. The summed E-state index contributed by atoms with van der Waals surface area (Å²) in [5, 5.41) is -0.154. The number of hydrogen-bond donors (Lipinski definition) is 1. The highest BCUT2D eigenvalue weighted by molar-refractivity contribution is 6.31. The number of amides is 1. The molecule has 9 heteroatoms. The smallest absolute Gasteiger partial charge is 0.260 e. The summed E-state index contributed by atoms with van der Waals surface area (Å²) in [6.07, 6.45) is 3.40. The molecule has 0 spiro atoms. The van der Waals surface area contributed by atoms with Gasteiger partial charge in [0, 0.05) is 30.8 Å². The fraction of sp³-hybridized carbons (Fsp3) is 0.440. The molecular weight excluding hydrogens is 459 g/mol. The van der Waals surface area contributed by atoms with E-state index in [1.807, 2.05) is 51.5 Å². The first-order chi connectivity index (χ1) is 16.1. The fourth-order valence-corrected chi connectivity index (χ4v) is 4.34. The van der Waals surface area contributed by atoms with Gasteiger partial charge in [0.05, 0.1) is 41.4 Å². The SMILES string of the molecule is C=C(N)c1c(C)nc(C(C)c2cc(Cl)c(F)c(C(=O)N3CCOCC3)c2OC(C)C)n1/C=C\C. The predicted octanol–water partition coefficient (Wildman–Crippen LogP) is 4.82. The highest BCUT2D eigenvalue weighted by Gasteiger charge is 2.32. The fourth-order valence-electron chi connectivity index (χ4n) is 4.13. The van der Waals surface area contributed by atoms with E-state index < -0.39 is 17.6 Å². The second-order valence-electron chi connectivity index (χ2n) is 8.54. The van der Waals surface area contributed by atoms with Crippen LogP contribution in [0.4, 0.5) is 4.39 Å². The van der Waals surface area contributed by atoms with Crippen molar-refractivity contribution in [2.45, 2.75) is 46.6 Å². The minimum absolute atomic E-state index is 0.154. The number of allylic oxidation sites excluding steroid dienone is 1. The Morgan fingerprint density at radius 3 is 2.56 bits per heavy atom. The largest absolute Gasteiger partial charge is 0.490 e. The van der Waals surface area contributed by atoms with E-state index in [0.29, 0.717) is 54.8 Å². The summed E-state index contributed by atoms with van der Waals surface area (Å²) in [6.45, 7) is 14.7. The Labute approximate surface area is 205 Å². The number of morpholine rings is 1. The summed E-state index contributed by atoms with van der Waals surface area (Å²) < 4.78 is 28.7. The third-order valence-electron chi connectivity index (χ3n) is 5.64. The second-order valence-corrected chi connectivity index (χ2v) is 8.95. The zero-order chi connectivity index (χ0) is 25.2. The molecule has 1 aromatic heterocycles. The number of imidazole rings is 1. The summed E-state index contributed by atoms with van der Waals surface area (Å²) in [4.78, 5) is 19.7. The molecule has 1 atom stereocenters. The zero-order valence-corrected chi connectivity index (χ0v) is 21.1. The minimum Gasteiger partial charge on any atom is -0.490 e. The second kappa shape index (κ2) is 10.6. The van der Waals surface area contributed by atoms with E-state index in [1.54, 1.807) is 4.90 Å². The van der Waals surface area contributed by atoms with Crippen LogP contribution in [0, 0.1) is 12.7 Å². The Kier molecular flexibility index (Phi) is 8.05. The van der Waals surface area contributed by atoms with Gasteiger partial charge in [0.25, 0.3) is 5.91 Å². The van der Waals surface area contributed by atoms with Gasteiger partial charge in [-0.25, -0.2) is 9.37 Å². The van der Waals surface area contributed by atoms with Gasteiger partial charge in [-0.3, -0.25) is 4.79 Å². The van der Waals surface area contributed by atoms with Crippen LogP contribution < -0.4 is 10.5 Å². The Hall–Kier alpha value is -2.84. The molecule has 1 fully saturated rings. The highest BCUT2D eigenvalue weighted by atomic mass is 35.5. The number of rotatable bonds is 7. The van der Waals surface area contributed by atoms with Crippen molar-refractivity contribution in [3.05, 3.63) is 57.9 Å². The van der Waals surface area contributed by atoms with Crippen molar-refractivity contribution in [1.82, 2.24) is 14.5 Å². The van der Waals surface area contributed by atoms with Gasteiger partial charge in [0.15, 0.2) is 5.82 Å². The van der Waals surface area contributed by atoms with Crippen LogP contribution in [-0.2, 0) is 4.74 Å². The number of carbonyl (C=O) groups excluding carboxylic acids is 1. The van der Waals surface area contributed by atoms with Crippen LogP contribution in [0.1, 0.15) is 66.7 Å². The van der Waals surface area contributed by atoms with Crippen LogP contribution in [0.25, 0.3) is 11.9 Å². The Morgan fingerprint density at radius 2 is 2.00 bits per heavy atom. The number of hydrogen-bond acceptors (Lipinski definition) is 5. The molecule has 0 bridgehead atoms. The van der Waals surface area contributed by atoms with Crippen LogP contribution in [-0.4, -0.2) is 52.8 Å². The molecule has 0 saturated carbocycles. The van der Waals surface area contributed by atoms with Gasteiger partial charge >= 0.3 is 0 Å². The van der Waals surface area contributed by atoms with Crippen LogP contribution in [0.5, 0.6) is 5.75 Å². The first-order valence-corrected chi connectivity index (χ1v) is 11.7. The molecule has 0 radical (unpaired) electrons. The van der Waals surface area contributed by atoms with Crippen molar-refractivity contribution in [1.29, 1.82) is 0 Å². The lowest BCUT2D eigenvalue weighted by atomic mass is 9.95. The van der Waals surface area contributed by atoms with E-state index in [9.17, 15) is 4.79 Å². The monoisotopic (exact) mass is 490 g/mol. The predicted molar refractivity (Wildman–Crippen MR) is 133 cm³/mol. The third-order valence-corrected chi connectivity index (χ3v) is 5.91. The summed E-state index contributed by atoms with van der Waals surface area (Å²) in [7, 11) is 0. The molecular formula is C25H32ClFN4O3. The van der Waals surface area contributed by atoms with Gasteiger partial charge in [-0.2, -0.15) is 0 Å². The lowest BCUT2D eigenvalue weighted by molar-refractivity contribution is 0.0296. The summed E-state index contributed by atoms with van der Waals surface area (Å²) in [5.41, 5.74) is 8.19. The van der Waals surface area contributed by atoms with E-state index in [0.717, 1.165) is 0 Å². The quantitative estimate of drug-likeness (QED) is 0.602. The third kappa shape index (κ3) is 4.98. The normalized spacial score (nSPS) is 15.2. The molecule has 1 aromatic carbocycles. The summed E-state index contributed by atoms with van der Waals surface area (Å²) in [6, 6.07) is 1.51. The molecule has 0 aliphatic carbocycles. The lowest BCUT2D eigenvalue weighted by Gasteiger charge is -2.29. The van der Waals surface area contributed by atoms with Gasteiger partial charge in [0.2, 0.25) is 0 Å². The number of aromatic nitrogens is 2. The van der Waals surface area contributed by atoms with Crippen molar-refractivity contribution in [2.24, 2.45) is 5.73 Å². The Morgan fingerprint density at radius 1 is 1.35 bits per heavy atom. The molecule has 1 aliphatic heterocycles. The van der Waals surface area contributed by atoms with Gasteiger partial charge in [-0.1, -0.05) is 31.2 Å². The first-order valence-electron chi connectivity index (χ1n) is 11.3. The Balaban J connectivity index is 2.24. The molecule has 34 heavy (non-hydrogen) atoms. The van der Waals surface area contributed by atoms with E-state index in [4.69, 9.17) is 31.8 Å². The van der Waals surface area contributed by atoms with Gasteiger partial charge in [0.1, 0.15) is 17.1 Å². The number of halogens is 2. The van der Waals surface area contributed by atoms with Crippen molar-refractivity contribution in [3.8, 4) is 5.75 Å². The average molecular weight is 491 g/mol. The van der Waals surface area contributed by atoms with Crippen molar-refractivity contribution in [2.75, 3.05) is 26.3 Å². The maximum absolute atomic E-state index is 15.4. The number of ether oxygens (including phenoxy) is 2. The highest BCUT2D eigenvalue weighted by Crippen LogP contribution is 2.40. The van der Waals surface area contributed by atoms with Crippen molar-refractivity contribution < 1.29 is 18.7 Å².